The minimum atomic E-state index is -0.530. The fourth-order valence-electron chi connectivity index (χ4n) is 1.18. The predicted octanol–water partition coefficient (Wildman–Crippen LogP) is 2.92. The highest BCUT2D eigenvalue weighted by atomic mass is 35.5. The summed E-state index contributed by atoms with van der Waals surface area (Å²) in [6.45, 7) is 5.52. The van der Waals surface area contributed by atoms with Gasteiger partial charge in [-0.2, -0.15) is 0 Å². The highest BCUT2D eigenvalue weighted by Crippen LogP contribution is 2.20. The fraction of sp³-hybridized carbons (Fsp3) is 0.357. The van der Waals surface area contributed by atoms with E-state index in [9.17, 15) is 9.90 Å². The van der Waals surface area contributed by atoms with Crippen molar-refractivity contribution in [2.24, 2.45) is 0 Å². The van der Waals surface area contributed by atoms with Crippen LogP contribution in [0, 0.1) is 11.8 Å². The van der Waals surface area contributed by atoms with Gasteiger partial charge in [-0.3, -0.25) is 0 Å². The smallest absolute Gasteiger partial charge is 0.408 e. The Bertz CT molecular complexity index is 524. The van der Waals surface area contributed by atoms with E-state index in [-0.39, 0.29) is 12.3 Å². The Morgan fingerprint density at radius 1 is 1.47 bits per heavy atom. The molecule has 2 N–H and O–H groups in total. The standard InChI is InChI=1S/C14H16ClNO3/c1-14(2,3)19-13(18)16-8-4-5-10-6-7-11(17)9-12(10)15/h6-7,9,17H,8H2,1-3H3,(H,16,18). The van der Waals surface area contributed by atoms with Gasteiger partial charge in [-0.25, -0.2) is 4.79 Å². The number of phenolic OH excluding ortho intramolecular Hbond substituents is 1. The number of carbonyl (C=O) groups is 1. The zero-order valence-electron chi connectivity index (χ0n) is 11.1. The van der Waals surface area contributed by atoms with E-state index < -0.39 is 11.7 Å². The molecule has 0 saturated carbocycles. The van der Waals surface area contributed by atoms with Gasteiger partial charge in [0.2, 0.25) is 0 Å². The van der Waals surface area contributed by atoms with Gasteiger partial charge in [0.15, 0.2) is 0 Å². The highest BCUT2D eigenvalue weighted by Gasteiger charge is 2.14. The lowest BCUT2D eigenvalue weighted by Gasteiger charge is -2.18. The van der Waals surface area contributed by atoms with E-state index >= 15 is 0 Å². The van der Waals surface area contributed by atoms with E-state index in [1.165, 1.54) is 12.1 Å². The van der Waals surface area contributed by atoms with E-state index in [4.69, 9.17) is 16.3 Å². The summed E-state index contributed by atoms with van der Waals surface area (Å²) in [7, 11) is 0. The number of alkyl carbamates (subject to hydrolysis) is 1. The molecule has 0 spiro atoms. The Balaban J connectivity index is 2.50. The van der Waals surface area contributed by atoms with Gasteiger partial charge in [-0.1, -0.05) is 23.4 Å². The fourth-order valence-corrected chi connectivity index (χ4v) is 1.40. The first-order valence-corrected chi connectivity index (χ1v) is 6.10. The quantitative estimate of drug-likeness (QED) is 0.778. The lowest BCUT2D eigenvalue weighted by molar-refractivity contribution is 0.0535. The molecule has 0 unspecified atom stereocenters. The molecule has 0 heterocycles. The second-order valence-electron chi connectivity index (χ2n) is 4.82. The van der Waals surface area contributed by atoms with E-state index in [0.717, 1.165) is 0 Å². The van der Waals surface area contributed by atoms with Crippen LogP contribution in [0.5, 0.6) is 5.75 Å². The molecule has 0 atom stereocenters. The molecular formula is C14H16ClNO3. The summed E-state index contributed by atoms with van der Waals surface area (Å²) in [5.41, 5.74) is 0.0584. The molecule has 1 aromatic rings. The van der Waals surface area contributed by atoms with Crippen molar-refractivity contribution in [3.8, 4) is 17.6 Å². The largest absolute Gasteiger partial charge is 0.508 e. The first-order valence-electron chi connectivity index (χ1n) is 5.72. The molecule has 0 saturated heterocycles. The Morgan fingerprint density at radius 3 is 2.74 bits per heavy atom. The molecule has 1 amide bonds. The third kappa shape index (κ3) is 6.03. The first-order chi connectivity index (χ1) is 8.78. The molecule has 0 aromatic heterocycles. The zero-order chi connectivity index (χ0) is 14.5. The molecule has 1 rings (SSSR count). The second kappa shape index (κ2) is 6.35. The summed E-state index contributed by atoms with van der Waals surface area (Å²) in [4.78, 5) is 11.3. The van der Waals surface area contributed by atoms with Crippen LogP contribution in [-0.2, 0) is 4.74 Å². The average Bonchev–Trinajstić information content (AvgIpc) is 2.24. The van der Waals surface area contributed by atoms with Crippen LogP contribution >= 0.6 is 11.6 Å². The Morgan fingerprint density at radius 2 is 2.16 bits per heavy atom. The molecule has 0 fully saturated rings. The van der Waals surface area contributed by atoms with Crippen molar-refractivity contribution < 1.29 is 14.6 Å². The minimum Gasteiger partial charge on any atom is -0.508 e. The van der Waals surface area contributed by atoms with Gasteiger partial charge < -0.3 is 15.2 Å². The third-order valence-electron chi connectivity index (χ3n) is 1.90. The number of nitrogens with one attached hydrogen (secondary N) is 1. The summed E-state index contributed by atoms with van der Waals surface area (Å²) < 4.78 is 5.05. The van der Waals surface area contributed by atoms with Crippen molar-refractivity contribution >= 4 is 17.7 Å². The van der Waals surface area contributed by atoms with E-state index in [2.05, 4.69) is 17.2 Å². The van der Waals surface area contributed by atoms with Crippen molar-refractivity contribution in [3.05, 3.63) is 28.8 Å². The van der Waals surface area contributed by atoms with Gasteiger partial charge in [0.25, 0.3) is 0 Å². The lowest BCUT2D eigenvalue weighted by Crippen LogP contribution is -2.32. The number of benzene rings is 1. The van der Waals surface area contributed by atoms with Crippen LogP contribution in [-0.4, -0.2) is 23.3 Å². The van der Waals surface area contributed by atoms with Crippen LogP contribution < -0.4 is 5.32 Å². The SMILES string of the molecule is CC(C)(C)OC(=O)NCC#Cc1ccc(O)cc1Cl. The van der Waals surface area contributed by atoms with Gasteiger partial charge >= 0.3 is 6.09 Å². The van der Waals surface area contributed by atoms with Gasteiger partial charge in [0.1, 0.15) is 11.4 Å². The third-order valence-corrected chi connectivity index (χ3v) is 2.21. The minimum absolute atomic E-state index is 0.0856. The Hall–Kier alpha value is -1.86. The van der Waals surface area contributed by atoms with Crippen LogP contribution in [0.4, 0.5) is 4.79 Å². The molecule has 0 aliphatic rings. The highest BCUT2D eigenvalue weighted by molar-refractivity contribution is 6.31. The van der Waals surface area contributed by atoms with Gasteiger partial charge in [0, 0.05) is 5.56 Å². The molecule has 102 valence electrons. The number of amides is 1. The van der Waals surface area contributed by atoms with Crippen LogP contribution in [0.25, 0.3) is 0 Å². The van der Waals surface area contributed by atoms with Crippen molar-refractivity contribution in [2.75, 3.05) is 6.54 Å². The molecule has 1 aromatic carbocycles. The van der Waals surface area contributed by atoms with E-state index in [1.54, 1.807) is 26.8 Å². The van der Waals surface area contributed by atoms with Gasteiger partial charge in [-0.15, -0.1) is 0 Å². The van der Waals surface area contributed by atoms with Crippen LogP contribution in [0.1, 0.15) is 26.3 Å². The van der Waals surface area contributed by atoms with Gasteiger partial charge in [0.05, 0.1) is 11.6 Å². The Labute approximate surface area is 117 Å². The van der Waals surface area contributed by atoms with E-state index in [0.29, 0.717) is 10.6 Å². The summed E-state index contributed by atoms with van der Waals surface area (Å²) in [6, 6.07) is 4.52. The Kier molecular flexibility index (Phi) is 5.08. The van der Waals surface area contributed by atoms with E-state index in [1.807, 2.05) is 0 Å². The van der Waals surface area contributed by atoms with Gasteiger partial charge in [-0.05, 0) is 39.0 Å². The number of ether oxygens (including phenoxy) is 1. The number of hydrogen-bond acceptors (Lipinski definition) is 3. The lowest BCUT2D eigenvalue weighted by atomic mass is 10.2. The molecule has 5 heteroatoms. The summed E-state index contributed by atoms with van der Waals surface area (Å²) in [6.07, 6.45) is -0.515. The van der Waals surface area contributed by atoms with Crippen molar-refractivity contribution in [3.63, 3.8) is 0 Å². The predicted molar refractivity (Wildman–Crippen MR) is 74.2 cm³/mol. The monoisotopic (exact) mass is 281 g/mol. The molecule has 0 aliphatic heterocycles. The summed E-state index contributed by atoms with van der Waals surface area (Å²) >= 11 is 5.88. The maximum Gasteiger partial charge on any atom is 0.408 e. The molecule has 0 aliphatic carbocycles. The number of hydrogen-bond donors (Lipinski definition) is 2. The number of phenols is 1. The number of rotatable bonds is 1. The summed E-state index contributed by atoms with van der Waals surface area (Å²) in [5.74, 6) is 5.63. The zero-order valence-corrected chi connectivity index (χ0v) is 11.8. The van der Waals surface area contributed by atoms with Crippen molar-refractivity contribution in [1.82, 2.24) is 5.32 Å². The molecule has 0 radical (unpaired) electrons. The average molecular weight is 282 g/mol. The maximum atomic E-state index is 11.3. The number of carbonyl (C=O) groups excluding carboxylic acids is 1. The van der Waals surface area contributed by atoms with Crippen LogP contribution in [0.15, 0.2) is 18.2 Å². The summed E-state index contributed by atoms with van der Waals surface area (Å²) in [5, 5.41) is 12.1. The first kappa shape index (κ1) is 15.2. The molecule has 4 nitrogen and oxygen atoms in total. The van der Waals surface area contributed by atoms with Crippen molar-refractivity contribution in [2.45, 2.75) is 26.4 Å². The number of halogens is 1. The number of aromatic hydroxyl groups is 1. The maximum absolute atomic E-state index is 11.3. The molecular weight excluding hydrogens is 266 g/mol. The second-order valence-corrected chi connectivity index (χ2v) is 5.23. The topological polar surface area (TPSA) is 58.6 Å². The van der Waals surface area contributed by atoms with Crippen LogP contribution in [0.2, 0.25) is 5.02 Å². The van der Waals surface area contributed by atoms with Crippen LogP contribution in [0.3, 0.4) is 0 Å². The molecule has 0 bridgehead atoms. The van der Waals surface area contributed by atoms with Crippen molar-refractivity contribution in [1.29, 1.82) is 0 Å². The normalized spacial score (nSPS) is 10.3. The molecule has 19 heavy (non-hydrogen) atoms.